The number of hydrogen-bond acceptors (Lipinski definition) is 3. The van der Waals surface area contributed by atoms with E-state index in [0.717, 1.165) is 12.8 Å². The minimum Gasteiger partial charge on any atom is -0.359 e. The largest absolute Gasteiger partial charge is 0.359 e. The smallest absolute Gasteiger partial charge is 0.0920 e. The molecule has 4 nitrogen and oxygen atoms in total. The molecule has 3 aliphatic heterocycles. The van der Waals surface area contributed by atoms with E-state index >= 15 is 0 Å². The number of allylic oxidation sites excluding steroid dienone is 5. The standard InChI is InChI=1S/C52H82N4/c1-9-11-13-15-23-27-31-45-39(3)37-53-51(45)35-49-41(5)47(43(7)55-49)33-29-25-21-19-17-18-20-22-26-30-34-48-42(6)50(56-44(48)8)36-52-46(40(4)38-54-52)32-28-24-16-14-12-10-2/h35-38,49,56H,9-34H2,1-8H3/b51-35-,52-36-. The summed E-state index contributed by atoms with van der Waals surface area (Å²) in [6.07, 6.45) is 43.0. The van der Waals surface area contributed by atoms with Gasteiger partial charge in [0, 0.05) is 29.5 Å². The molecule has 1 atom stereocenters. The third kappa shape index (κ3) is 14.4. The molecule has 0 aromatic carbocycles. The summed E-state index contributed by atoms with van der Waals surface area (Å²) in [6.45, 7) is 18.1. The van der Waals surface area contributed by atoms with Gasteiger partial charge < -0.3 is 4.98 Å². The summed E-state index contributed by atoms with van der Waals surface area (Å²) in [5, 5.41) is 0. The van der Waals surface area contributed by atoms with Crippen molar-refractivity contribution in [3.63, 3.8) is 0 Å². The number of rotatable bonds is 29. The zero-order chi connectivity index (χ0) is 40.1. The molecule has 4 rings (SSSR count). The van der Waals surface area contributed by atoms with Gasteiger partial charge in [0.25, 0.3) is 0 Å². The molecule has 0 saturated carbocycles. The highest BCUT2D eigenvalue weighted by Gasteiger charge is 2.23. The Morgan fingerprint density at radius 1 is 0.518 bits per heavy atom. The molecule has 0 saturated heterocycles. The first-order chi connectivity index (χ1) is 27.2. The zero-order valence-corrected chi connectivity index (χ0v) is 37.6. The van der Waals surface area contributed by atoms with Gasteiger partial charge in [0.2, 0.25) is 0 Å². The molecule has 0 bridgehead atoms. The van der Waals surface area contributed by atoms with E-state index in [9.17, 15) is 0 Å². The quantitative estimate of drug-likeness (QED) is 0.0790. The van der Waals surface area contributed by atoms with E-state index in [0.29, 0.717) is 0 Å². The fourth-order valence-corrected chi connectivity index (χ4v) is 9.16. The minimum absolute atomic E-state index is 0.167. The van der Waals surface area contributed by atoms with Crippen molar-refractivity contribution in [2.45, 2.75) is 228 Å². The molecular formula is C52H82N4. The van der Waals surface area contributed by atoms with Crippen molar-refractivity contribution in [3.05, 3.63) is 73.4 Å². The molecule has 0 radical (unpaired) electrons. The maximum atomic E-state index is 5.10. The second kappa shape index (κ2) is 25.4. The van der Waals surface area contributed by atoms with Gasteiger partial charge in [-0.15, -0.1) is 0 Å². The SMILES string of the molecule is CCCCCCCCC1=C(C)C=N/C1=C\c1[nH]c(C)c(CCCCCCCCCCCCC2=C(C)C(/C=C3\N=CC(C)=C3CCCCCCCC)N=C2C)c1C. The number of aliphatic imine (C=N–C) groups is 3. The summed E-state index contributed by atoms with van der Waals surface area (Å²) in [5.41, 5.74) is 17.7. The van der Waals surface area contributed by atoms with Gasteiger partial charge >= 0.3 is 0 Å². The molecule has 1 aromatic heterocycles. The van der Waals surface area contributed by atoms with Gasteiger partial charge in [0.05, 0.1) is 17.4 Å². The lowest BCUT2D eigenvalue weighted by molar-refractivity contribution is 0.551. The Kier molecular flexibility index (Phi) is 20.7. The monoisotopic (exact) mass is 763 g/mol. The second-order valence-electron chi connectivity index (χ2n) is 17.6. The van der Waals surface area contributed by atoms with Crippen LogP contribution in [0.4, 0.5) is 0 Å². The lowest BCUT2D eigenvalue weighted by Crippen LogP contribution is -2.01. The molecule has 310 valence electrons. The van der Waals surface area contributed by atoms with Gasteiger partial charge in [0.1, 0.15) is 0 Å². The summed E-state index contributed by atoms with van der Waals surface area (Å²) in [5.74, 6) is 0. The van der Waals surface area contributed by atoms with Crippen molar-refractivity contribution < 1.29 is 0 Å². The van der Waals surface area contributed by atoms with Crippen molar-refractivity contribution in [1.82, 2.24) is 4.98 Å². The molecule has 0 spiro atoms. The number of nitrogens with zero attached hydrogens (tertiary/aromatic N) is 3. The summed E-state index contributed by atoms with van der Waals surface area (Å²) in [4.78, 5) is 18.5. The van der Waals surface area contributed by atoms with Crippen molar-refractivity contribution in [2.75, 3.05) is 0 Å². The van der Waals surface area contributed by atoms with Gasteiger partial charge in [-0.3, -0.25) is 15.0 Å². The number of aromatic amines is 1. The third-order valence-electron chi connectivity index (χ3n) is 12.9. The maximum Gasteiger partial charge on any atom is 0.0920 e. The predicted octanol–water partition coefficient (Wildman–Crippen LogP) is 16.2. The Balaban J connectivity index is 1.07. The van der Waals surface area contributed by atoms with Crippen LogP contribution in [0.15, 0.2) is 65.9 Å². The Morgan fingerprint density at radius 3 is 1.46 bits per heavy atom. The van der Waals surface area contributed by atoms with Crippen LogP contribution in [0.1, 0.15) is 225 Å². The summed E-state index contributed by atoms with van der Waals surface area (Å²) in [6, 6.07) is 0.167. The number of aromatic nitrogens is 1. The van der Waals surface area contributed by atoms with E-state index in [-0.39, 0.29) is 6.04 Å². The Labute approximate surface area is 344 Å². The molecule has 4 heteroatoms. The number of nitrogens with one attached hydrogen (secondary N) is 1. The van der Waals surface area contributed by atoms with E-state index in [2.05, 4.69) is 85.0 Å². The molecule has 1 aromatic rings. The first kappa shape index (κ1) is 45.7. The van der Waals surface area contributed by atoms with E-state index in [1.165, 1.54) is 227 Å². The molecule has 3 aliphatic rings. The van der Waals surface area contributed by atoms with Crippen LogP contribution in [-0.2, 0) is 6.42 Å². The van der Waals surface area contributed by atoms with Crippen LogP contribution in [0.25, 0.3) is 6.08 Å². The highest BCUT2D eigenvalue weighted by molar-refractivity contribution is 6.01. The summed E-state index contributed by atoms with van der Waals surface area (Å²) < 4.78 is 0. The van der Waals surface area contributed by atoms with Crippen LogP contribution in [0.5, 0.6) is 0 Å². The summed E-state index contributed by atoms with van der Waals surface area (Å²) in [7, 11) is 0. The van der Waals surface area contributed by atoms with E-state index in [4.69, 9.17) is 15.0 Å². The fraction of sp³-hybridized carbons (Fsp3) is 0.673. The highest BCUT2D eigenvalue weighted by atomic mass is 14.8. The normalized spacial score (nSPS) is 18.4. The first-order valence-corrected chi connectivity index (χ1v) is 23.6. The van der Waals surface area contributed by atoms with Crippen LogP contribution in [0, 0.1) is 13.8 Å². The topological polar surface area (TPSA) is 52.9 Å². The molecule has 4 heterocycles. The Bertz CT molecular complexity index is 1630. The van der Waals surface area contributed by atoms with Gasteiger partial charge in [-0.1, -0.05) is 129 Å². The average Bonchev–Trinajstić information content (AvgIpc) is 3.88. The zero-order valence-electron chi connectivity index (χ0n) is 37.6. The van der Waals surface area contributed by atoms with Crippen LogP contribution >= 0.6 is 0 Å². The van der Waals surface area contributed by atoms with Crippen molar-refractivity contribution in [1.29, 1.82) is 0 Å². The van der Waals surface area contributed by atoms with Gasteiger partial charge in [-0.2, -0.15) is 0 Å². The van der Waals surface area contributed by atoms with Crippen LogP contribution in [0.2, 0.25) is 0 Å². The molecule has 0 fully saturated rings. The number of aryl methyl sites for hydroxylation is 1. The third-order valence-corrected chi connectivity index (χ3v) is 12.9. The fourth-order valence-electron chi connectivity index (χ4n) is 9.16. The van der Waals surface area contributed by atoms with Gasteiger partial charge in [-0.05, 0) is 150 Å². The number of H-pyrrole nitrogens is 1. The molecule has 0 amide bonds. The van der Waals surface area contributed by atoms with E-state index in [1.54, 1.807) is 0 Å². The highest BCUT2D eigenvalue weighted by Crippen LogP contribution is 2.33. The second-order valence-corrected chi connectivity index (χ2v) is 17.6. The molecule has 1 unspecified atom stereocenters. The van der Waals surface area contributed by atoms with Crippen molar-refractivity contribution in [3.8, 4) is 0 Å². The van der Waals surface area contributed by atoms with E-state index in [1.807, 2.05) is 0 Å². The lowest BCUT2D eigenvalue weighted by atomic mass is 9.95. The predicted molar refractivity (Wildman–Crippen MR) is 249 cm³/mol. The van der Waals surface area contributed by atoms with Gasteiger partial charge in [0.15, 0.2) is 0 Å². The molecule has 56 heavy (non-hydrogen) atoms. The lowest BCUT2D eigenvalue weighted by Gasteiger charge is -2.10. The summed E-state index contributed by atoms with van der Waals surface area (Å²) >= 11 is 0. The average molecular weight is 763 g/mol. The number of unbranched alkanes of at least 4 members (excludes halogenated alkanes) is 19. The first-order valence-electron chi connectivity index (χ1n) is 23.6. The Morgan fingerprint density at radius 2 is 0.946 bits per heavy atom. The van der Waals surface area contributed by atoms with E-state index < -0.39 is 0 Å². The van der Waals surface area contributed by atoms with Crippen molar-refractivity contribution >= 4 is 24.2 Å². The van der Waals surface area contributed by atoms with Crippen LogP contribution in [-0.4, -0.2) is 29.2 Å². The van der Waals surface area contributed by atoms with Crippen LogP contribution in [0.3, 0.4) is 0 Å². The van der Waals surface area contributed by atoms with Crippen molar-refractivity contribution in [2.24, 2.45) is 15.0 Å². The Hall–Kier alpha value is -3.01. The maximum absolute atomic E-state index is 5.10. The van der Waals surface area contributed by atoms with Crippen LogP contribution < -0.4 is 0 Å². The minimum atomic E-state index is 0.167. The number of hydrogen-bond donors (Lipinski definition) is 1. The molecule has 1 N–H and O–H groups in total. The molecule has 0 aliphatic carbocycles. The van der Waals surface area contributed by atoms with Gasteiger partial charge in [-0.25, -0.2) is 0 Å². The molecular weight excluding hydrogens is 681 g/mol.